The van der Waals surface area contributed by atoms with Gasteiger partial charge in [-0.2, -0.15) is 5.10 Å². The number of nitrogens with zero attached hydrogens (tertiary/aromatic N) is 3. The Morgan fingerprint density at radius 3 is 2.46 bits per heavy atom. The van der Waals surface area contributed by atoms with Gasteiger partial charge in [-0.15, -0.1) is 11.3 Å². The number of hydrogen-bond donors (Lipinski definition) is 1. The molecule has 24 heavy (non-hydrogen) atoms. The molecule has 2 heterocycles. The molecule has 1 aromatic carbocycles. The average Bonchev–Trinajstić information content (AvgIpc) is 3.16. The van der Waals surface area contributed by atoms with Crippen molar-refractivity contribution in [3.05, 3.63) is 62.8 Å². The van der Waals surface area contributed by atoms with Crippen LogP contribution in [0.15, 0.2) is 47.9 Å². The Labute approximate surface area is 153 Å². The van der Waals surface area contributed by atoms with E-state index in [-0.39, 0.29) is 15.8 Å². The molecule has 0 spiro atoms. The molecule has 0 atom stereocenters. The van der Waals surface area contributed by atoms with Gasteiger partial charge in [0.05, 0.1) is 10.9 Å². The first-order valence-electron chi connectivity index (χ1n) is 6.79. The molecule has 0 aliphatic carbocycles. The first-order valence-corrected chi connectivity index (χ1v) is 9.84. The van der Waals surface area contributed by atoms with Crippen LogP contribution in [-0.4, -0.2) is 23.2 Å². The average molecular weight is 403 g/mol. The van der Waals surface area contributed by atoms with Gasteiger partial charge >= 0.3 is 0 Å². The van der Waals surface area contributed by atoms with Crippen molar-refractivity contribution in [3.8, 4) is 0 Å². The lowest BCUT2D eigenvalue weighted by atomic mass is 10.1. The van der Waals surface area contributed by atoms with E-state index >= 15 is 0 Å². The fraction of sp³-hybridized carbons (Fsp3) is 0.143. The zero-order chi connectivity index (χ0) is 17.2. The number of aromatic nitrogens is 3. The molecular formula is C14H12Cl2N4O2S2. The number of hydrogen-bond acceptors (Lipinski definition) is 5. The number of thiophene rings is 1. The lowest BCUT2D eigenvalue weighted by Gasteiger charge is -2.07. The molecule has 126 valence electrons. The molecule has 3 aromatic rings. The van der Waals surface area contributed by atoms with Crippen LogP contribution < -0.4 is 4.72 Å². The van der Waals surface area contributed by atoms with Crippen LogP contribution in [0.4, 0.5) is 0 Å². The van der Waals surface area contributed by atoms with Crippen molar-refractivity contribution in [1.29, 1.82) is 0 Å². The Morgan fingerprint density at radius 2 is 1.88 bits per heavy atom. The number of sulfonamides is 1. The van der Waals surface area contributed by atoms with E-state index in [0.29, 0.717) is 10.9 Å². The van der Waals surface area contributed by atoms with Crippen molar-refractivity contribution in [2.24, 2.45) is 0 Å². The number of rotatable bonds is 6. The summed E-state index contributed by atoms with van der Waals surface area (Å²) in [5.74, 6) is 0. The van der Waals surface area contributed by atoms with Crippen LogP contribution in [0, 0.1) is 0 Å². The minimum absolute atomic E-state index is 0.00182. The monoisotopic (exact) mass is 402 g/mol. The normalized spacial score (nSPS) is 11.8. The summed E-state index contributed by atoms with van der Waals surface area (Å²) in [4.78, 5) is 3.89. The standard InChI is InChI=1S/C14H12Cl2N4O2S2/c15-13-5-12(14(16)23-13)24(21,22)19-6-10-1-3-11(4-2-10)7-20-9-17-8-18-20/h1-5,8-9,19H,6-7H2. The summed E-state index contributed by atoms with van der Waals surface area (Å²) in [7, 11) is -3.70. The fourth-order valence-corrected chi connectivity index (χ4v) is 5.19. The molecule has 0 radical (unpaired) electrons. The Bertz CT molecular complexity index is 922. The van der Waals surface area contributed by atoms with Gasteiger partial charge in [0, 0.05) is 6.54 Å². The zero-order valence-corrected chi connectivity index (χ0v) is 15.3. The van der Waals surface area contributed by atoms with Gasteiger partial charge in [0.2, 0.25) is 10.0 Å². The lowest BCUT2D eigenvalue weighted by Crippen LogP contribution is -2.23. The van der Waals surface area contributed by atoms with Crippen molar-refractivity contribution in [2.75, 3.05) is 0 Å². The molecule has 0 fully saturated rings. The van der Waals surface area contributed by atoms with E-state index in [1.165, 1.54) is 12.4 Å². The molecular weight excluding hydrogens is 391 g/mol. The molecule has 0 aliphatic heterocycles. The molecule has 0 unspecified atom stereocenters. The first-order chi connectivity index (χ1) is 11.4. The second kappa shape index (κ2) is 7.20. The third-order valence-electron chi connectivity index (χ3n) is 3.22. The van der Waals surface area contributed by atoms with Crippen LogP contribution in [0.25, 0.3) is 0 Å². The molecule has 1 N–H and O–H groups in total. The van der Waals surface area contributed by atoms with Gasteiger partial charge in [0.1, 0.15) is 21.9 Å². The van der Waals surface area contributed by atoms with E-state index in [1.54, 1.807) is 11.0 Å². The second-order valence-corrected chi connectivity index (χ2v) is 8.94. The summed E-state index contributed by atoms with van der Waals surface area (Å²) in [6, 6.07) is 8.89. The summed E-state index contributed by atoms with van der Waals surface area (Å²) in [5, 5.41) is 4.04. The van der Waals surface area contributed by atoms with Gasteiger partial charge < -0.3 is 0 Å². The molecule has 0 saturated carbocycles. The zero-order valence-electron chi connectivity index (χ0n) is 12.2. The molecule has 0 saturated heterocycles. The minimum atomic E-state index is -3.70. The van der Waals surface area contributed by atoms with Crippen molar-refractivity contribution in [3.63, 3.8) is 0 Å². The van der Waals surface area contributed by atoms with Crippen LogP contribution in [0.3, 0.4) is 0 Å². The van der Waals surface area contributed by atoms with E-state index in [1.807, 2.05) is 24.3 Å². The molecule has 0 bridgehead atoms. The number of halogens is 2. The van der Waals surface area contributed by atoms with Crippen LogP contribution >= 0.6 is 34.5 Å². The predicted octanol–water partition coefficient (Wildman–Crippen LogP) is 3.17. The van der Waals surface area contributed by atoms with E-state index in [4.69, 9.17) is 23.2 Å². The van der Waals surface area contributed by atoms with Gasteiger partial charge in [-0.05, 0) is 17.2 Å². The largest absolute Gasteiger partial charge is 0.249 e. The molecule has 10 heteroatoms. The minimum Gasteiger partial charge on any atom is -0.249 e. The molecule has 0 amide bonds. The lowest BCUT2D eigenvalue weighted by molar-refractivity contribution is 0.582. The Kier molecular flexibility index (Phi) is 5.21. The maximum atomic E-state index is 12.3. The highest BCUT2D eigenvalue weighted by molar-refractivity contribution is 7.89. The van der Waals surface area contributed by atoms with E-state index in [9.17, 15) is 8.42 Å². The van der Waals surface area contributed by atoms with Crippen LogP contribution in [0.5, 0.6) is 0 Å². The van der Waals surface area contributed by atoms with Crippen molar-refractivity contribution < 1.29 is 8.42 Å². The topological polar surface area (TPSA) is 76.9 Å². The Morgan fingerprint density at radius 1 is 1.17 bits per heavy atom. The van der Waals surface area contributed by atoms with Gasteiger partial charge in [-0.1, -0.05) is 47.5 Å². The van der Waals surface area contributed by atoms with Gasteiger partial charge in [0.25, 0.3) is 0 Å². The maximum Gasteiger partial charge on any atom is 0.243 e. The van der Waals surface area contributed by atoms with Crippen molar-refractivity contribution in [2.45, 2.75) is 18.0 Å². The number of benzene rings is 1. The Balaban J connectivity index is 1.65. The Hall–Kier alpha value is -1.45. The molecule has 2 aromatic heterocycles. The third-order valence-corrected chi connectivity index (χ3v) is 6.37. The summed E-state index contributed by atoms with van der Waals surface area (Å²) in [5.41, 5.74) is 1.87. The third kappa shape index (κ3) is 4.14. The SMILES string of the molecule is O=S(=O)(NCc1ccc(Cn2cncn2)cc1)c1cc(Cl)sc1Cl. The van der Waals surface area contributed by atoms with E-state index < -0.39 is 10.0 Å². The molecule has 0 aliphatic rings. The van der Waals surface area contributed by atoms with Gasteiger partial charge in [-0.3, -0.25) is 0 Å². The summed E-state index contributed by atoms with van der Waals surface area (Å²) < 4.78 is 29.2. The first kappa shape index (κ1) is 17.4. The van der Waals surface area contributed by atoms with E-state index in [2.05, 4.69) is 14.8 Å². The fourth-order valence-electron chi connectivity index (χ4n) is 2.03. The second-order valence-electron chi connectivity index (χ2n) is 4.92. The smallest absolute Gasteiger partial charge is 0.243 e. The van der Waals surface area contributed by atoms with E-state index in [0.717, 1.165) is 22.5 Å². The molecule has 6 nitrogen and oxygen atoms in total. The highest BCUT2D eigenvalue weighted by Gasteiger charge is 2.20. The van der Waals surface area contributed by atoms with Crippen LogP contribution in [0.2, 0.25) is 8.67 Å². The number of nitrogens with one attached hydrogen (secondary N) is 1. The summed E-state index contributed by atoms with van der Waals surface area (Å²) >= 11 is 12.7. The highest BCUT2D eigenvalue weighted by Crippen LogP contribution is 2.34. The van der Waals surface area contributed by atoms with Crippen LogP contribution in [-0.2, 0) is 23.1 Å². The maximum absolute atomic E-state index is 12.3. The summed E-state index contributed by atoms with van der Waals surface area (Å²) in [6.45, 7) is 0.769. The molecule has 3 rings (SSSR count). The quantitative estimate of drug-likeness (QED) is 0.686. The van der Waals surface area contributed by atoms with Crippen molar-refractivity contribution >= 4 is 44.6 Å². The van der Waals surface area contributed by atoms with Crippen molar-refractivity contribution in [1.82, 2.24) is 19.5 Å². The summed E-state index contributed by atoms with van der Waals surface area (Å²) in [6.07, 6.45) is 3.11. The highest BCUT2D eigenvalue weighted by atomic mass is 35.5. The van der Waals surface area contributed by atoms with Gasteiger partial charge in [0.15, 0.2) is 0 Å². The van der Waals surface area contributed by atoms with Gasteiger partial charge in [-0.25, -0.2) is 22.8 Å². The predicted molar refractivity (Wildman–Crippen MR) is 93.9 cm³/mol. The van der Waals surface area contributed by atoms with Crippen LogP contribution in [0.1, 0.15) is 11.1 Å².